The van der Waals surface area contributed by atoms with Gasteiger partial charge in [-0.2, -0.15) is 0 Å². The lowest BCUT2D eigenvalue weighted by atomic mass is 9.99. The molecule has 0 bridgehead atoms. The molecule has 1 atom stereocenters. The number of hydrogen-bond donors (Lipinski definition) is 0. The summed E-state index contributed by atoms with van der Waals surface area (Å²) in [4.78, 5) is 0. The van der Waals surface area contributed by atoms with E-state index in [2.05, 4.69) is 87.5 Å². The Hall–Kier alpha value is -1.82. The highest BCUT2D eigenvalue weighted by atomic mass is 14.1. The highest BCUT2D eigenvalue weighted by Gasteiger charge is 2.00. The van der Waals surface area contributed by atoms with Crippen LogP contribution in [0.4, 0.5) is 0 Å². The van der Waals surface area contributed by atoms with E-state index in [9.17, 15) is 0 Å². The van der Waals surface area contributed by atoms with Gasteiger partial charge in [-0.25, -0.2) is 0 Å². The first-order valence-electron chi connectivity index (χ1n) is 7.47. The second-order valence-electron chi connectivity index (χ2n) is 5.90. The van der Waals surface area contributed by atoms with Crippen LogP contribution in [0.5, 0.6) is 0 Å². The molecule has 1 unspecified atom stereocenters. The molecule has 104 valence electrons. The Bertz CT molecular complexity index is 532. The van der Waals surface area contributed by atoms with Gasteiger partial charge in [-0.15, -0.1) is 0 Å². The molecule has 0 saturated carbocycles. The lowest BCUT2D eigenvalue weighted by Crippen LogP contribution is -1.93. The Kier molecular flexibility index (Phi) is 5.17. The van der Waals surface area contributed by atoms with Crippen molar-refractivity contribution in [3.63, 3.8) is 0 Å². The summed E-state index contributed by atoms with van der Waals surface area (Å²) in [5, 5.41) is 0. The average molecular weight is 264 g/mol. The van der Waals surface area contributed by atoms with E-state index < -0.39 is 0 Å². The van der Waals surface area contributed by atoms with Crippen LogP contribution in [0, 0.1) is 5.92 Å². The van der Waals surface area contributed by atoms with Crippen molar-refractivity contribution in [3.8, 4) is 0 Å². The predicted molar refractivity (Wildman–Crippen MR) is 88.9 cm³/mol. The van der Waals surface area contributed by atoms with E-state index >= 15 is 0 Å². The molecule has 2 rings (SSSR count). The minimum absolute atomic E-state index is 0.451. The van der Waals surface area contributed by atoms with Crippen molar-refractivity contribution in [2.24, 2.45) is 5.92 Å². The average Bonchev–Trinajstić information content (AvgIpc) is 2.46. The predicted octanol–water partition coefficient (Wildman–Crippen LogP) is 5.70. The van der Waals surface area contributed by atoms with Crippen LogP contribution in [0.1, 0.15) is 43.4 Å². The molecule has 0 radical (unpaired) electrons. The van der Waals surface area contributed by atoms with Crippen LogP contribution < -0.4 is 0 Å². The van der Waals surface area contributed by atoms with Crippen LogP contribution in [-0.2, 0) is 6.42 Å². The standard InChI is InChI=1S/C20H24/c1-16(2)15-19-13-11-18(12-14-19)10-9-17(3)20-7-5-4-6-8-20/h4-14,16-17H,15H2,1-3H3. The number of benzene rings is 2. The van der Waals surface area contributed by atoms with Crippen LogP contribution >= 0.6 is 0 Å². The first-order valence-corrected chi connectivity index (χ1v) is 7.47. The van der Waals surface area contributed by atoms with Gasteiger partial charge in [0.25, 0.3) is 0 Å². The highest BCUT2D eigenvalue weighted by molar-refractivity contribution is 5.51. The first-order chi connectivity index (χ1) is 9.65. The molecule has 2 aromatic carbocycles. The maximum atomic E-state index is 2.27. The summed E-state index contributed by atoms with van der Waals surface area (Å²) >= 11 is 0. The molecule has 0 aromatic heterocycles. The zero-order chi connectivity index (χ0) is 14.4. The van der Waals surface area contributed by atoms with E-state index in [-0.39, 0.29) is 0 Å². The molecule has 0 aliphatic heterocycles. The molecule has 2 aromatic rings. The van der Waals surface area contributed by atoms with E-state index in [0.29, 0.717) is 5.92 Å². The Morgan fingerprint density at radius 1 is 0.850 bits per heavy atom. The molecule has 0 fully saturated rings. The third kappa shape index (κ3) is 4.38. The molecule has 0 heterocycles. The van der Waals surface area contributed by atoms with Gasteiger partial charge in [-0.05, 0) is 34.9 Å². The highest BCUT2D eigenvalue weighted by Crippen LogP contribution is 2.18. The molecular formula is C20H24. The number of hydrogen-bond acceptors (Lipinski definition) is 0. The van der Waals surface area contributed by atoms with Gasteiger partial charge < -0.3 is 0 Å². The SMILES string of the molecule is CC(C)Cc1ccc(C=CC(C)c2ccccc2)cc1. The Morgan fingerprint density at radius 3 is 2.10 bits per heavy atom. The second-order valence-corrected chi connectivity index (χ2v) is 5.90. The van der Waals surface area contributed by atoms with Gasteiger partial charge >= 0.3 is 0 Å². The van der Waals surface area contributed by atoms with Crippen molar-refractivity contribution in [1.82, 2.24) is 0 Å². The van der Waals surface area contributed by atoms with Crippen molar-refractivity contribution in [2.75, 3.05) is 0 Å². The van der Waals surface area contributed by atoms with Crippen LogP contribution in [0.25, 0.3) is 6.08 Å². The first kappa shape index (κ1) is 14.6. The van der Waals surface area contributed by atoms with Crippen molar-refractivity contribution < 1.29 is 0 Å². The van der Waals surface area contributed by atoms with Crippen LogP contribution in [-0.4, -0.2) is 0 Å². The van der Waals surface area contributed by atoms with Crippen molar-refractivity contribution >= 4 is 6.08 Å². The smallest absolute Gasteiger partial charge is 0.000711 e. The second kappa shape index (κ2) is 7.09. The van der Waals surface area contributed by atoms with Crippen molar-refractivity contribution in [1.29, 1.82) is 0 Å². The van der Waals surface area contributed by atoms with Crippen LogP contribution in [0.15, 0.2) is 60.7 Å². The van der Waals surface area contributed by atoms with Gasteiger partial charge in [0.2, 0.25) is 0 Å². The summed E-state index contributed by atoms with van der Waals surface area (Å²) in [6.45, 7) is 6.75. The maximum Gasteiger partial charge on any atom is -0.000711 e. The number of allylic oxidation sites excluding steroid dienone is 1. The summed E-state index contributed by atoms with van der Waals surface area (Å²) in [6.07, 6.45) is 5.65. The quantitative estimate of drug-likeness (QED) is 0.649. The molecule has 0 amide bonds. The van der Waals surface area contributed by atoms with Gasteiger partial charge in [-0.3, -0.25) is 0 Å². The lowest BCUT2D eigenvalue weighted by molar-refractivity contribution is 0.647. The van der Waals surface area contributed by atoms with E-state index in [4.69, 9.17) is 0 Å². The molecule has 0 nitrogen and oxygen atoms in total. The van der Waals surface area contributed by atoms with Crippen LogP contribution in [0.3, 0.4) is 0 Å². The monoisotopic (exact) mass is 264 g/mol. The Labute approximate surface area is 123 Å². The minimum Gasteiger partial charge on any atom is -0.0767 e. The summed E-state index contributed by atoms with van der Waals surface area (Å²) < 4.78 is 0. The zero-order valence-corrected chi connectivity index (χ0v) is 12.7. The van der Waals surface area contributed by atoms with Gasteiger partial charge in [0, 0.05) is 0 Å². The molecule has 20 heavy (non-hydrogen) atoms. The summed E-state index contributed by atoms with van der Waals surface area (Å²) in [6, 6.07) is 19.5. The molecular weight excluding hydrogens is 240 g/mol. The largest absolute Gasteiger partial charge is 0.0767 e. The van der Waals surface area contributed by atoms with Crippen molar-refractivity contribution in [2.45, 2.75) is 33.1 Å². The molecule has 0 aliphatic carbocycles. The minimum atomic E-state index is 0.451. The summed E-state index contributed by atoms with van der Waals surface area (Å²) in [5.74, 6) is 1.17. The Balaban J connectivity index is 2.01. The van der Waals surface area contributed by atoms with E-state index in [1.54, 1.807) is 0 Å². The summed E-state index contributed by atoms with van der Waals surface area (Å²) in [5.41, 5.74) is 4.06. The van der Waals surface area contributed by atoms with E-state index in [1.165, 1.54) is 16.7 Å². The molecule has 0 heteroatoms. The van der Waals surface area contributed by atoms with Crippen LogP contribution in [0.2, 0.25) is 0 Å². The third-order valence-corrected chi connectivity index (χ3v) is 3.53. The van der Waals surface area contributed by atoms with Gasteiger partial charge in [0.15, 0.2) is 0 Å². The summed E-state index contributed by atoms with van der Waals surface area (Å²) in [7, 11) is 0. The van der Waals surface area contributed by atoms with Crippen molar-refractivity contribution in [3.05, 3.63) is 77.4 Å². The molecule has 0 spiro atoms. The lowest BCUT2D eigenvalue weighted by Gasteiger charge is -2.07. The fraction of sp³-hybridized carbons (Fsp3) is 0.300. The zero-order valence-electron chi connectivity index (χ0n) is 12.7. The van der Waals surface area contributed by atoms with Gasteiger partial charge in [0.05, 0.1) is 0 Å². The van der Waals surface area contributed by atoms with E-state index in [0.717, 1.165) is 12.3 Å². The van der Waals surface area contributed by atoms with Gasteiger partial charge in [0.1, 0.15) is 0 Å². The molecule has 0 N–H and O–H groups in total. The molecule has 0 saturated heterocycles. The third-order valence-electron chi connectivity index (χ3n) is 3.53. The topological polar surface area (TPSA) is 0 Å². The fourth-order valence-electron chi connectivity index (χ4n) is 2.36. The fourth-order valence-corrected chi connectivity index (χ4v) is 2.36. The Morgan fingerprint density at radius 2 is 1.50 bits per heavy atom. The van der Waals surface area contributed by atoms with Gasteiger partial charge in [-0.1, -0.05) is 87.5 Å². The normalized spacial score (nSPS) is 13.0. The maximum absolute atomic E-state index is 2.27. The number of rotatable bonds is 5. The molecule has 0 aliphatic rings. The van der Waals surface area contributed by atoms with E-state index in [1.807, 2.05) is 0 Å².